The van der Waals surface area contributed by atoms with E-state index in [-0.39, 0.29) is 0 Å². The van der Waals surface area contributed by atoms with Gasteiger partial charge in [0, 0.05) is 34.1 Å². The third-order valence-electron chi connectivity index (χ3n) is 2.49. The van der Waals surface area contributed by atoms with Gasteiger partial charge in [-0.3, -0.25) is 0 Å². The second-order valence-corrected chi connectivity index (χ2v) is 5.53. The topological polar surface area (TPSA) is 21.3 Å². The first kappa shape index (κ1) is 11.3. The first-order valence-corrected chi connectivity index (χ1v) is 6.90. The molecule has 1 unspecified atom stereocenters. The molecule has 0 aliphatic carbocycles. The molecular weight excluding hydrogens is 274 g/mol. The molecule has 2 rings (SSSR count). The second-order valence-electron chi connectivity index (χ2n) is 3.47. The van der Waals surface area contributed by atoms with E-state index in [2.05, 4.69) is 27.3 Å². The van der Waals surface area contributed by atoms with E-state index in [1.807, 2.05) is 23.9 Å². The van der Waals surface area contributed by atoms with Gasteiger partial charge in [-0.1, -0.05) is 15.9 Å². The van der Waals surface area contributed by atoms with Crippen molar-refractivity contribution in [1.29, 1.82) is 0 Å². The number of ether oxygens (including phenoxy) is 1. The molecule has 82 valence electrons. The van der Waals surface area contributed by atoms with Crippen LogP contribution in [0.4, 0.5) is 0 Å². The Hall–Kier alpha value is -0.190. The minimum atomic E-state index is 0.413. The molecule has 1 aromatic rings. The van der Waals surface area contributed by atoms with Crippen LogP contribution in [0.3, 0.4) is 0 Å². The molecule has 4 heteroatoms. The van der Waals surface area contributed by atoms with Crippen LogP contribution in [0.25, 0.3) is 0 Å². The zero-order chi connectivity index (χ0) is 10.7. The SMILES string of the molecule is COc1ccc(Br)cc1C1CSCCN1. The average molecular weight is 288 g/mol. The van der Waals surface area contributed by atoms with Gasteiger partial charge >= 0.3 is 0 Å². The number of nitrogens with one attached hydrogen (secondary N) is 1. The summed E-state index contributed by atoms with van der Waals surface area (Å²) in [7, 11) is 1.72. The summed E-state index contributed by atoms with van der Waals surface area (Å²) in [6.07, 6.45) is 0. The van der Waals surface area contributed by atoms with Crippen molar-refractivity contribution < 1.29 is 4.74 Å². The normalized spacial score (nSPS) is 21.3. The predicted molar refractivity (Wildman–Crippen MR) is 68.8 cm³/mol. The first-order valence-electron chi connectivity index (χ1n) is 4.96. The van der Waals surface area contributed by atoms with E-state index in [1.54, 1.807) is 7.11 Å². The second kappa shape index (κ2) is 5.23. The molecule has 15 heavy (non-hydrogen) atoms. The molecule has 1 fully saturated rings. The van der Waals surface area contributed by atoms with Gasteiger partial charge in [-0.05, 0) is 18.2 Å². The molecule has 1 atom stereocenters. The van der Waals surface area contributed by atoms with Crippen molar-refractivity contribution in [3.63, 3.8) is 0 Å². The molecule has 0 amide bonds. The summed E-state index contributed by atoms with van der Waals surface area (Å²) in [5.41, 5.74) is 1.25. The van der Waals surface area contributed by atoms with E-state index in [9.17, 15) is 0 Å². The number of methoxy groups -OCH3 is 1. The van der Waals surface area contributed by atoms with Gasteiger partial charge in [-0.25, -0.2) is 0 Å². The summed E-state index contributed by atoms with van der Waals surface area (Å²) in [6.45, 7) is 1.07. The van der Waals surface area contributed by atoms with Gasteiger partial charge in [0.1, 0.15) is 5.75 Å². The molecule has 0 saturated carbocycles. The van der Waals surface area contributed by atoms with Crippen LogP contribution >= 0.6 is 27.7 Å². The Balaban J connectivity index is 2.27. The van der Waals surface area contributed by atoms with Crippen molar-refractivity contribution in [1.82, 2.24) is 5.32 Å². The number of halogens is 1. The van der Waals surface area contributed by atoms with Gasteiger partial charge in [0.25, 0.3) is 0 Å². The van der Waals surface area contributed by atoms with Gasteiger partial charge in [0.15, 0.2) is 0 Å². The Labute approximate surface area is 103 Å². The van der Waals surface area contributed by atoms with Crippen LogP contribution in [0.2, 0.25) is 0 Å². The number of thioether (sulfide) groups is 1. The Morgan fingerprint density at radius 1 is 1.53 bits per heavy atom. The van der Waals surface area contributed by atoms with Crippen LogP contribution in [0.15, 0.2) is 22.7 Å². The van der Waals surface area contributed by atoms with Crippen molar-refractivity contribution in [2.45, 2.75) is 6.04 Å². The van der Waals surface area contributed by atoms with Gasteiger partial charge in [0.2, 0.25) is 0 Å². The highest BCUT2D eigenvalue weighted by Gasteiger charge is 2.18. The summed E-state index contributed by atoms with van der Waals surface area (Å²) in [4.78, 5) is 0. The zero-order valence-electron chi connectivity index (χ0n) is 8.63. The lowest BCUT2D eigenvalue weighted by molar-refractivity contribution is 0.402. The molecule has 2 nitrogen and oxygen atoms in total. The van der Waals surface area contributed by atoms with Crippen LogP contribution in [0, 0.1) is 0 Å². The van der Waals surface area contributed by atoms with Crippen LogP contribution in [0.5, 0.6) is 5.75 Å². The van der Waals surface area contributed by atoms with E-state index < -0.39 is 0 Å². The Morgan fingerprint density at radius 2 is 2.40 bits per heavy atom. The van der Waals surface area contributed by atoms with E-state index in [4.69, 9.17) is 4.74 Å². The lowest BCUT2D eigenvalue weighted by atomic mass is 10.1. The summed E-state index contributed by atoms with van der Waals surface area (Å²) >= 11 is 5.49. The molecule has 0 spiro atoms. The lowest BCUT2D eigenvalue weighted by Crippen LogP contribution is -2.30. The maximum Gasteiger partial charge on any atom is 0.123 e. The summed E-state index contributed by atoms with van der Waals surface area (Å²) < 4.78 is 6.49. The van der Waals surface area contributed by atoms with Gasteiger partial charge in [-0.2, -0.15) is 11.8 Å². The number of rotatable bonds is 2. The zero-order valence-corrected chi connectivity index (χ0v) is 11.0. The molecule has 1 aromatic carbocycles. The number of benzene rings is 1. The van der Waals surface area contributed by atoms with Crippen molar-refractivity contribution in [2.24, 2.45) is 0 Å². The van der Waals surface area contributed by atoms with E-state index >= 15 is 0 Å². The van der Waals surface area contributed by atoms with Crippen molar-refractivity contribution in [3.8, 4) is 5.75 Å². The van der Waals surface area contributed by atoms with E-state index in [1.165, 1.54) is 11.3 Å². The predicted octanol–water partition coefficient (Wildman–Crippen LogP) is 2.84. The Bertz CT molecular complexity index is 339. The fourth-order valence-electron chi connectivity index (χ4n) is 1.74. The highest BCUT2D eigenvalue weighted by molar-refractivity contribution is 9.10. The molecule has 1 N–H and O–H groups in total. The smallest absolute Gasteiger partial charge is 0.123 e. The molecular formula is C11H14BrNOS. The third kappa shape index (κ3) is 2.68. The van der Waals surface area contributed by atoms with Gasteiger partial charge in [-0.15, -0.1) is 0 Å². The Kier molecular flexibility index (Phi) is 3.94. The molecule has 0 radical (unpaired) electrons. The van der Waals surface area contributed by atoms with Crippen LogP contribution < -0.4 is 10.1 Å². The molecule has 0 aromatic heterocycles. The molecule has 0 bridgehead atoms. The fraction of sp³-hybridized carbons (Fsp3) is 0.455. The van der Waals surface area contributed by atoms with Crippen molar-refractivity contribution >= 4 is 27.7 Å². The summed E-state index contributed by atoms with van der Waals surface area (Å²) in [5.74, 6) is 3.29. The summed E-state index contributed by atoms with van der Waals surface area (Å²) in [6, 6.07) is 6.58. The largest absolute Gasteiger partial charge is 0.496 e. The number of hydrogen-bond acceptors (Lipinski definition) is 3. The minimum Gasteiger partial charge on any atom is -0.496 e. The average Bonchev–Trinajstić information content (AvgIpc) is 2.30. The minimum absolute atomic E-state index is 0.413. The monoisotopic (exact) mass is 287 g/mol. The maximum atomic E-state index is 5.38. The van der Waals surface area contributed by atoms with Crippen molar-refractivity contribution in [3.05, 3.63) is 28.2 Å². The molecule has 1 heterocycles. The molecule has 1 aliphatic heterocycles. The summed E-state index contributed by atoms with van der Waals surface area (Å²) in [5, 5.41) is 3.52. The van der Waals surface area contributed by atoms with Crippen LogP contribution in [-0.4, -0.2) is 25.2 Å². The highest BCUT2D eigenvalue weighted by Crippen LogP contribution is 2.31. The van der Waals surface area contributed by atoms with Crippen LogP contribution in [0.1, 0.15) is 11.6 Å². The van der Waals surface area contributed by atoms with Gasteiger partial charge in [0.05, 0.1) is 7.11 Å². The van der Waals surface area contributed by atoms with Gasteiger partial charge < -0.3 is 10.1 Å². The fourth-order valence-corrected chi connectivity index (χ4v) is 3.08. The van der Waals surface area contributed by atoms with Crippen LogP contribution in [-0.2, 0) is 0 Å². The van der Waals surface area contributed by atoms with Crippen molar-refractivity contribution in [2.75, 3.05) is 25.2 Å². The highest BCUT2D eigenvalue weighted by atomic mass is 79.9. The molecule has 1 saturated heterocycles. The van der Waals surface area contributed by atoms with E-state index in [0.717, 1.165) is 22.5 Å². The number of hydrogen-bond donors (Lipinski definition) is 1. The first-order chi connectivity index (χ1) is 7.31. The maximum absolute atomic E-state index is 5.38. The quantitative estimate of drug-likeness (QED) is 0.904. The Morgan fingerprint density at radius 3 is 3.07 bits per heavy atom. The standard InChI is InChI=1S/C11H14BrNOS/c1-14-11-3-2-8(12)6-9(11)10-7-15-5-4-13-10/h2-3,6,10,13H,4-5,7H2,1H3. The molecule has 1 aliphatic rings. The van der Waals surface area contributed by atoms with E-state index in [0.29, 0.717) is 6.04 Å². The third-order valence-corrected chi connectivity index (χ3v) is 4.04. The lowest BCUT2D eigenvalue weighted by Gasteiger charge is -2.25.